The van der Waals surface area contributed by atoms with E-state index in [0.717, 1.165) is 16.2 Å². The highest BCUT2D eigenvalue weighted by molar-refractivity contribution is 7.21. The van der Waals surface area contributed by atoms with Gasteiger partial charge in [-0.05, 0) is 36.8 Å². The first-order valence-electron chi connectivity index (χ1n) is 8.74. The molecule has 3 rings (SSSR count). The fourth-order valence-electron chi connectivity index (χ4n) is 2.71. The minimum Gasteiger partial charge on any atom is -0.467 e. The summed E-state index contributed by atoms with van der Waals surface area (Å²) in [5.74, 6) is -1.42. The Morgan fingerprint density at radius 3 is 2.72 bits per heavy atom. The quantitative estimate of drug-likeness (QED) is 0.596. The number of nitrogens with zero attached hydrogens (tertiary/aromatic N) is 1. The number of nitrogens with one attached hydrogen (secondary N) is 1. The number of carbonyl (C=O) groups excluding carboxylic acids is 3. The van der Waals surface area contributed by atoms with Gasteiger partial charge in [-0.1, -0.05) is 6.07 Å². The maximum absolute atomic E-state index is 14.0. The summed E-state index contributed by atoms with van der Waals surface area (Å²) in [5, 5.41) is 3.00. The average molecular weight is 418 g/mol. The molecule has 0 saturated carbocycles. The number of halogens is 1. The Kier molecular flexibility index (Phi) is 6.28. The van der Waals surface area contributed by atoms with E-state index in [9.17, 15) is 18.8 Å². The molecule has 0 atom stereocenters. The minimum absolute atomic E-state index is 0.190. The van der Waals surface area contributed by atoms with Gasteiger partial charge in [-0.3, -0.25) is 9.59 Å². The van der Waals surface area contributed by atoms with Crippen molar-refractivity contribution in [1.82, 2.24) is 10.2 Å². The summed E-state index contributed by atoms with van der Waals surface area (Å²) in [6.45, 7) is 1.14. The van der Waals surface area contributed by atoms with Gasteiger partial charge < -0.3 is 19.4 Å². The van der Waals surface area contributed by atoms with Crippen molar-refractivity contribution < 1.29 is 27.9 Å². The maximum atomic E-state index is 14.0. The number of fused-ring (bicyclic) bond motifs is 1. The van der Waals surface area contributed by atoms with Crippen molar-refractivity contribution in [3.63, 3.8) is 0 Å². The number of amides is 2. The number of carbonyl (C=O) groups is 3. The lowest BCUT2D eigenvalue weighted by Gasteiger charge is -2.16. The SMILES string of the molecule is Cc1c(C(=O)OCC(=O)N(C)CC(=O)NCc2ccco2)sc2cccc(F)c12. The van der Waals surface area contributed by atoms with Gasteiger partial charge in [-0.2, -0.15) is 0 Å². The van der Waals surface area contributed by atoms with E-state index in [0.29, 0.717) is 21.4 Å². The molecule has 0 bridgehead atoms. The van der Waals surface area contributed by atoms with Crippen LogP contribution in [-0.4, -0.2) is 42.9 Å². The molecule has 0 fully saturated rings. The van der Waals surface area contributed by atoms with Gasteiger partial charge in [0.05, 0.1) is 19.4 Å². The summed E-state index contributed by atoms with van der Waals surface area (Å²) in [6, 6.07) is 8.03. The molecule has 2 heterocycles. The van der Waals surface area contributed by atoms with E-state index in [4.69, 9.17) is 9.15 Å². The Bertz CT molecular complexity index is 1040. The number of benzene rings is 1. The predicted molar refractivity (Wildman–Crippen MR) is 105 cm³/mol. The number of rotatable bonds is 7. The van der Waals surface area contributed by atoms with Crippen molar-refractivity contribution in [2.45, 2.75) is 13.5 Å². The lowest BCUT2D eigenvalue weighted by Crippen LogP contribution is -2.39. The van der Waals surface area contributed by atoms with Crippen LogP contribution >= 0.6 is 11.3 Å². The number of furan rings is 1. The Morgan fingerprint density at radius 2 is 2.03 bits per heavy atom. The number of hydrogen-bond donors (Lipinski definition) is 1. The van der Waals surface area contributed by atoms with Crippen LogP contribution in [-0.2, 0) is 20.9 Å². The molecule has 0 unspecified atom stereocenters. The second-order valence-electron chi connectivity index (χ2n) is 6.35. The smallest absolute Gasteiger partial charge is 0.349 e. The topological polar surface area (TPSA) is 88.9 Å². The van der Waals surface area contributed by atoms with Gasteiger partial charge in [0.2, 0.25) is 5.91 Å². The van der Waals surface area contributed by atoms with Crippen LogP contribution in [0.1, 0.15) is 21.0 Å². The first-order chi connectivity index (χ1) is 13.9. The van der Waals surface area contributed by atoms with E-state index in [2.05, 4.69) is 5.32 Å². The van der Waals surface area contributed by atoms with Gasteiger partial charge in [0.1, 0.15) is 16.5 Å². The van der Waals surface area contributed by atoms with Crippen LogP contribution in [0.25, 0.3) is 10.1 Å². The standard InChI is InChI=1S/C20H19FN2O5S/c1-12-18-14(21)6-3-7-15(18)29-19(12)20(26)28-11-17(25)23(2)10-16(24)22-9-13-5-4-8-27-13/h3-8H,9-11H2,1-2H3,(H,22,24). The zero-order chi connectivity index (χ0) is 21.0. The van der Waals surface area contributed by atoms with Gasteiger partial charge in [0, 0.05) is 17.1 Å². The van der Waals surface area contributed by atoms with E-state index >= 15 is 0 Å². The number of likely N-dealkylation sites (N-methyl/N-ethyl adjacent to an activating group) is 1. The van der Waals surface area contributed by atoms with Gasteiger partial charge in [0.25, 0.3) is 5.91 Å². The molecular formula is C20H19FN2O5S. The third-order valence-electron chi connectivity index (χ3n) is 4.26. The molecule has 7 nitrogen and oxygen atoms in total. The zero-order valence-corrected chi connectivity index (χ0v) is 16.7. The number of hydrogen-bond acceptors (Lipinski definition) is 6. The summed E-state index contributed by atoms with van der Waals surface area (Å²) < 4.78 is 24.8. The van der Waals surface area contributed by atoms with E-state index in [1.54, 1.807) is 31.2 Å². The summed E-state index contributed by atoms with van der Waals surface area (Å²) in [4.78, 5) is 37.8. The summed E-state index contributed by atoms with van der Waals surface area (Å²) in [6.07, 6.45) is 1.50. The lowest BCUT2D eigenvalue weighted by molar-refractivity contribution is -0.137. The van der Waals surface area contributed by atoms with Gasteiger partial charge >= 0.3 is 5.97 Å². The minimum atomic E-state index is -0.702. The van der Waals surface area contributed by atoms with E-state index in [1.165, 1.54) is 19.4 Å². The molecule has 0 radical (unpaired) electrons. The second kappa shape index (κ2) is 8.87. The molecule has 29 heavy (non-hydrogen) atoms. The molecule has 0 aliphatic heterocycles. The normalized spacial score (nSPS) is 10.7. The Labute approximate surface area is 170 Å². The highest BCUT2D eigenvalue weighted by atomic mass is 32.1. The van der Waals surface area contributed by atoms with Crippen LogP contribution in [0.2, 0.25) is 0 Å². The molecule has 1 N–H and O–H groups in total. The maximum Gasteiger partial charge on any atom is 0.349 e. The second-order valence-corrected chi connectivity index (χ2v) is 7.40. The Balaban J connectivity index is 1.52. The molecule has 152 valence electrons. The van der Waals surface area contributed by atoms with Crippen molar-refractivity contribution in [2.24, 2.45) is 0 Å². The van der Waals surface area contributed by atoms with Crippen molar-refractivity contribution in [1.29, 1.82) is 0 Å². The van der Waals surface area contributed by atoms with Crippen LogP contribution in [0.4, 0.5) is 4.39 Å². The molecule has 0 spiro atoms. The largest absolute Gasteiger partial charge is 0.467 e. The average Bonchev–Trinajstić information content (AvgIpc) is 3.32. The van der Waals surface area contributed by atoms with E-state index in [1.807, 2.05) is 0 Å². The van der Waals surface area contributed by atoms with Gasteiger partial charge in [-0.25, -0.2) is 9.18 Å². The number of thiophene rings is 1. The molecule has 0 saturated heterocycles. The van der Waals surface area contributed by atoms with Crippen molar-refractivity contribution in [3.8, 4) is 0 Å². The molecule has 2 aromatic heterocycles. The lowest BCUT2D eigenvalue weighted by atomic mass is 10.1. The van der Waals surface area contributed by atoms with Crippen molar-refractivity contribution in [3.05, 3.63) is 58.6 Å². The zero-order valence-electron chi connectivity index (χ0n) is 15.9. The molecule has 1 aromatic carbocycles. The molecule has 2 amide bonds. The summed E-state index contributed by atoms with van der Waals surface area (Å²) >= 11 is 1.11. The first-order valence-corrected chi connectivity index (χ1v) is 9.56. The highest BCUT2D eigenvalue weighted by Crippen LogP contribution is 2.32. The van der Waals surface area contributed by atoms with Gasteiger partial charge in [-0.15, -0.1) is 11.3 Å². The highest BCUT2D eigenvalue weighted by Gasteiger charge is 2.21. The van der Waals surface area contributed by atoms with Crippen LogP contribution < -0.4 is 5.32 Å². The van der Waals surface area contributed by atoms with E-state index < -0.39 is 24.3 Å². The predicted octanol–water partition coefficient (Wildman–Crippen LogP) is 2.87. The number of aryl methyl sites for hydroxylation is 1. The monoisotopic (exact) mass is 418 g/mol. The number of ether oxygens (including phenoxy) is 1. The van der Waals surface area contributed by atoms with Crippen molar-refractivity contribution in [2.75, 3.05) is 20.2 Å². The fraction of sp³-hybridized carbons (Fsp3) is 0.250. The van der Waals surface area contributed by atoms with Crippen LogP contribution in [0.3, 0.4) is 0 Å². The first kappa shape index (κ1) is 20.5. The van der Waals surface area contributed by atoms with Crippen LogP contribution in [0, 0.1) is 12.7 Å². The van der Waals surface area contributed by atoms with Gasteiger partial charge in [0.15, 0.2) is 6.61 Å². The fourth-order valence-corrected chi connectivity index (χ4v) is 3.83. The third-order valence-corrected chi connectivity index (χ3v) is 5.50. The van der Waals surface area contributed by atoms with Crippen molar-refractivity contribution >= 4 is 39.2 Å². The van der Waals surface area contributed by atoms with Crippen LogP contribution in [0.5, 0.6) is 0 Å². The van der Waals surface area contributed by atoms with Crippen LogP contribution in [0.15, 0.2) is 41.0 Å². The molecule has 3 aromatic rings. The Hall–Kier alpha value is -3.20. The molecule has 0 aliphatic carbocycles. The molecule has 0 aliphatic rings. The summed E-state index contributed by atoms with van der Waals surface area (Å²) in [7, 11) is 1.43. The summed E-state index contributed by atoms with van der Waals surface area (Å²) in [5.41, 5.74) is 0.478. The van der Waals surface area contributed by atoms with E-state index in [-0.39, 0.29) is 23.9 Å². The third kappa shape index (κ3) is 4.80. The Morgan fingerprint density at radius 1 is 1.24 bits per heavy atom. The molecule has 9 heteroatoms. The molecular weight excluding hydrogens is 399 g/mol. The number of esters is 1.